The summed E-state index contributed by atoms with van der Waals surface area (Å²) in [5, 5.41) is 1.96. The lowest BCUT2D eigenvalue weighted by atomic mass is 10.1. The van der Waals surface area contributed by atoms with E-state index in [0.29, 0.717) is 18.7 Å². The summed E-state index contributed by atoms with van der Waals surface area (Å²) < 4.78 is 29.9. The average molecular weight is 408 g/mol. The lowest BCUT2D eigenvalue weighted by molar-refractivity contribution is -0.140. The van der Waals surface area contributed by atoms with Crippen molar-refractivity contribution in [3.05, 3.63) is 51.7 Å². The van der Waals surface area contributed by atoms with Crippen molar-refractivity contribution < 1.29 is 17.9 Å². The molecule has 1 aliphatic heterocycles. The Labute approximate surface area is 164 Å². The molecule has 2 heterocycles. The molecule has 1 saturated heterocycles. The second kappa shape index (κ2) is 8.02. The smallest absolute Gasteiger partial charge is 0.263 e. The lowest BCUT2D eigenvalue weighted by Gasteiger charge is -2.30. The van der Waals surface area contributed by atoms with Crippen LogP contribution in [0.1, 0.15) is 29.3 Å². The van der Waals surface area contributed by atoms with Crippen LogP contribution in [0.4, 0.5) is 0 Å². The van der Waals surface area contributed by atoms with Crippen molar-refractivity contribution >= 4 is 27.1 Å². The molecule has 5 nitrogen and oxygen atoms in total. The zero-order valence-electron chi connectivity index (χ0n) is 15.8. The Morgan fingerprint density at radius 1 is 1.30 bits per heavy atom. The maximum Gasteiger partial charge on any atom is 0.263 e. The Bertz CT molecular complexity index is 906. The molecule has 1 amide bonds. The van der Waals surface area contributed by atoms with Crippen molar-refractivity contribution in [2.75, 3.05) is 11.5 Å². The third-order valence-electron chi connectivity index (χ3n) is 5.04. The van der Waals surface area contributed by atoms with Gasteiger partial charge in [-0.05, 0) is 55.8 Å². The van der Waals surface area contributed by atoms with E-state index >= 15 is 0 Å². The SMILES string of the molecule is Cc1cccc(O[C@H](C)C(=O)N(Cc2cccs2)[C@H]2CCS(=O)(=O)C2)c1C. The number of carbonyl (C=O) groups is 1. The number of nitrogens with zero attached hydrogens (tertiary/aromatic N) is 1. The van der Waals surface area contributed by atoms with Crippen LogP contribution in [0, 0.1) is 13.8 Å². The van der Waals surface area contributed by atoms with E-state index < -0.39 is 15.9 Å². The van der Waals surface area contributed by atoms with E-state index in [1.54, 1.807) is 23.2 Å². The molecule has 1 aliphatic rings. The van der Waals surface area contributed by atoms with Crippen molar-refractivity contribution in [2.45, 2.75) is 45.9 Å². The van der Waals surface area contributed by atoms with Gasteiger partial charge in [0, 0.05) is 10.9 Å². The summed E-state index contributed by atoms with van der Waals surface area (Å²) in [6.45, 7) is 6.11. The highest BCUT2D eigenvalue weighted by Gasteiger charge is 2.36. The van der Waals surface area contributed by atoms with Crippen LogP contribution in [0.25, 0.3) is 0 Å². The minimum atomic E-state index is -3.08. The van der Waals surface area contributed by atoms with Crippen LogP contribution in [0.3, 0.4) is 0 Å². The van der Waals surface area contributed by atoms with Gasteiger partial charge in [-0.1, -0.05) is 18.2 Å². The van der Waals surface area contributed by atoms with Gasteiger partial charge < -0.3 is 9.64 Å². The molecule has 7 heteroatoms. The molecule has 0 spiro atoms. The molecule has 1 aromatic carbocycles. The Hall–Kier alpha value is -1.86. The molecule has 1 aromatic heterocycles. The number of carbonyl (C=O) groups excluding carboxylic acids is 1. The standard InChI is InChI=1S/C20H25NO4S2/c1-14-6-4-8-19(15(14)2)25-16(3)20(22)21(12-18-7-5-10-26-18)17-9-11-27(23,24)13-17/h4-8,10,16-17H,9,11-13H2,1-3H3/t16-,17+/m1/s1. The number of amides is 1. The van der Waals surface area contributed by atoms with Crippen LogP contribution < -0.4 is 4.74 Å². The maximum atomic E-state index is 13.2. The van der Waals surface area contributed by atoms with Gasteiger partial charge in [0.1, 0.15) is 5.75 Å². The third-order valence-corrected chi connectivity index (χ3v) is 7.66. The van der Waals surface area contributed by atoms with Gasteiger partial charge in [0.15, 0.2) is 15.9 Å². The van der Waals surface area contributed by atoms with Crippen LogP contribution in [0.5, 0.6) is 5.75 Å². The molecule has 0 radical (unpaired) electrons. The molecular formula is C20H25NO4S2. The Balaban J connectivity index is 1.80. The molecular weight excluding hydrogens is 382 g/mol. The van der Waals surface area contributed by atoms with Gasteiger partial charge in [0.05, 0.1) is 18.1 Å². The second-order valence-electron chi connectivity index (χ2n) is 7.06. The number of ether oxygens (including phenoxy) is 1. The van der Waals surface area contributed by atoms with Crippen molar-refractivity contribution in [2.24, 2.45) is 0 Å². The quantitative estimate of drug-likeness (QED) is 0.737. The third kappa shape index (κ3) is 4.71. The zero-order valence-corrected chi connectivity index (χ0v) is 17.5. The van der Waals surface area contributed by atoms with Gasteiger partial charge in [0.2, 0.25) is 0 Å². The minimum Gasteiger partial charge on any atom is -0.481 e. The molecule has 2 aromatic rings. The van der Waals surface area contributed by atoms with E-state index in [1.165, 1.54) is 0 Å². The Kier molecular flexibility index (Phi) is 5.91. The summed E-state index contributed by atoms with van der Waals surface area (Å²) in [7, 11) is -3.08. The van der Waals surface area contributed by atoms with E-state index in [4.69, 9.17) is 4.74 Å². The second-order valence-corrected chi connectivity index (χ2v) is 10.3. The van der Waals surface area contributed by atoms with Gasteiger partial charge in [-0.3, -0.25) is 4.79 Å². The first-order valence-corrected chi connectivity index (χ1v) is 11.7. The Morgan fingerprint density at radius 2 is 2.07 bits per heavy atom. The van der Waals surface area contributed by atoms with Crippen molar-refractivity contribution in [1.82, 2.24) is 4.90 Å². The number of aryl methyl sites for hydroxylation is 1. The monoisotopic (exact) mass is 407 g/mol. The molecule has 0 aliphatic carbocycles. The summed E-state index contributed by atoms with van der Waals surface area (Å²) in [5.41, 5.74) is 2.11. The van der Waals surface area contributed by atoms with Crippen LogP contribution >= 0.6 is 11.3 Å². The number of thiophene rings is 1. The van der Waals surface area contributed by atoms with Crippen LogP contribution in [-0.4, -0.2) is 42.9 Å². The highest BCUT2D eigenvalue weighted by atomic mass is 32.2. The van der Waals surface area contributed by atoms with E-state index in [9.17, 15) is 13.2 Å². The number of sulfone groups is 1. The van der Waals surface area contributed by atoms with Crippen LogP contribution in [0.15, 0.2) is 35.7 Å². The Morgan fingerprint density at radius 3 is 2.70 bits per heavy atom. The highest BCUT2D eigenvalue weighted by molar-refractivity contribution is 7.91. The van der Waals surface area contributed by atoms with Gasteiger partial charge >= 0.3 is 0 Å². The van der Waals surface area contributed by atoms with E-state index in [0.717, 1.165) is 16.0 Å². The molecule has 0 N–H and O–H groups in total. The molecule has 146 valence electrons. The summed E-state index contributed by atoms with van der Waals surface area (Å²) in [6.07, 6.45) is -0.205. The first kappa shape index (κ1) is 19.9. The average Bonchev–Trinajstić information content (AvgIpc) is 3.25. The molecule has 0 bridgehead atoms. The molecule has 1 fully saturated rings. The first-order chi connectivity index (χ1) is 12.8. The van der Waals surface area contributed by atoms with Crippen molar-refractivity contribution in [3.8, 4) is 5.75 Å². The summed E-state index contributed by atoms with van der Waals surface area (Å²) in [5.74, 6) is 0.677. The van der Waals surface area contributed by atoms with Crippen LogP contribution in [-0.2, 0) is 21.2 Å². The summed E-state index contributed by atoms with van der Waals surface area (Å²) in [6, 6.07) is 9.36. The molecule has 27 heavy (non-hydrogen) atoms. The number of hydrogen-bond acceptors (Lipinski definition) is 5. The molecule has 0 saturated carbocycles. The fourth-order valence-electron chi connectivity index (χ4n) is 3.30. The van der Waals surface area contributed by atoms with Gasteiger partial charge in [0.25, 0.3) is 5.91 Å². The lowest BCUT2D eigenvalue weighted by Crippen LogP contribution is -2.46. The van der Waals surface area contributed by atoms with E-state index in [2.05, 4.69) is 0 Å². The molecule has 3 rings (SSSR count). The predicted molar refractivity (Wildman–Crippen MR) is 108 cm³/mol. The van der Waals surface area contributed by atoms with Gasteiger partial charge in [-0.2, -0.15) is 0 Å². The zero-order chi connectivity index (χ0) is 19.6. The van der Waals surface area contributed by atoms with Crippen molar-refractivity contribution in [3.63, 3.8) is 0 Å². The first-order valence-electron chi connectivity index (χ1n) is 9.03. The molecule has 0 unspecified atom stereocenters. The summed E-state index contributed by atoms with van der Waals surface area (Å²) >= 11 is 1.56. The fraction of sp³-hybridized carbons (Fsp3) is 0.450. The van der Waals surface area contributed by atoms with E-state index in [1.807, 2.05) is 49.6 Å². The predicted octanol–water partition coefficient (Wildman–Crippen LogP) is 3.35. The maximum absolute atomic E-state index is 13.2. The number of hydrogen-bond donors (Lipinski definition) is 0. The molecule has 2 atom stereocenters. The number of rotatable bonds is 6. The van der Waals surface area contributed by atoms with E-state index in [-0.39, 0.29) is 23.5 Å². The summed E-state index contributed by atoms with van der Waals surface area (Å²) in [4.78, 5) is 15.9. The fourth-order valence-corrected chi connectivity index (χ4v) is 5.74. The minimum absolute atomic E-state index is 0.0281. The topological polar surface area (TPSA) is 63.7 Å². The largest absolute Gasteiger partial charge is 0.481 e. The van der Waals surface area contributed by atoms with Crippen molar-refractivity contribution in [1.29, 1.82) is 0 Å². The van der Waals surface area contributed by atoms with Crippen LogP contribution in [0.2, 0.25) is 0 Å². The number of benzene rings is 1. The van der Waals surface area contributed by atoms with Gasteiger partial charge in [-0.25, -0.2) is 8.42 Å². The highest BCUT2D eigenvalue weighted by Crippen LogP contribution is 2.25. The normalized spacial score (nSPS) is 19.6. The van der Waals surface area contributed by atoms with Gasteiger partial charge in [-0.15, -0.1) is 11.3 Å².